The number of hydrogen-bond acceptors (Lipinski definition) is 6. The van der Waals surface area contributed by atoms with Gasteiger partial charge in [0, 0.05) is 5.41 Å². The molecule has 0 N–H and O–H groups in total. The number of imide groups is 1. The first kappa shape index (κ1) is 23.5. The molecular formula is C29H25NO6. The van der Waals surface area contributed by atoms with Crippen molar-refractivity contribution >= 4 is 23.8 Å². The summed E-state index contributed by atoms with van der Waals surface area (Å²) >= 11 is 0. The van der Waals surface area contributed by atoms with Crippen LogP contribution < -0.4 is 0 Å². The van der Waals surface area contributed by atoms with Gasteiger partial charge in [0.05, 0.1) is 11.1 Å². The van der Waals surface area contributed by atoms with Gasteiger partial charge in [-0.3, -0.25) is 9.59 Å². The fourth-order valence-corrected chi connectivity index (χ4v) is 5.20. The molecule has 7 heteroatoms. The minimum atomic E-state index is -1.41. The van der Waals surface area contributed by atoms with E-state index in [4.69, 9.17) is 9.57 Å². The smallest absolute Gasteiger partial charge is 0.442 e. The van der Waals surface area contributed by atoms with Crippen molar-refractivity contribution in [1.82, 2.24) is 5.06 Å². The van der Waals surface area contributed by atoms with E-state index >= 15 is 0 Å². The van der Waals surface area contributed by atoms with Gasteiger partial charge < -0.3 is 9.57 Å². The number of amides is 2. The third-order valence-electron chi connectivity index (χ3n) is 7.25. The first-order valence-corrected chi connectivity index (χ1v) is 11.9. The van der Waals surface area contributed by atoms with Crippen LogP contribution in [0.4, 0.5) is 0 Å². The van der Waals surface area contributed by atoms with Crippen LogP contribution in [0, 0.1) is 0 Å². The van der Waals surface area contributed by atoms with Gasteiger partial charge in [0.25, 0.3) is 11.8 Å². The van der Waals surface area contributed by atoms with Crippen molar-refractivity contribution in [3.05, 3.63) is 107 Å². The molecule has 1 fully saturated rings. The van der Waals surface area contributed by atoms with E-state index in [1.807, 2.05) is 36.4 Å². The van der Waals surface area contributed by atoms with Crippen LogP contribution in [0.5, 0.6) is 0 Å². The lowest BCUT2D eigenvalue weighted by Crippen LogP contribution is -2.45. The number of carbonyl (C=O) groups is 4. The zero-order chi connectivity index (χ0) is 25.3. The SMILES string of the molecule is CC1(OC(=O)C(=O)ON2C(=O)c3ccccc3C2=O)CCC(c2ccccc2)(c2ccccc2)CC1. The summed E-state index contributed by atoms with van der Waals surface area (Å²) in [5.41, 5.74) is 1.46. The second kappa shape index (κ2) is 9.07. The zero-order valence-corrected chi connectivity index (χ0v) is 19.8. The van der Waals surface area contributed by atoms with Crippen LogP contribution in [0.15, 0.2) is 84.9 Å². The molecule has 0 spiro atoms. The van der Waals surface area contributed by atoms with Crippen LogP contribution in [-0.4, -0.2) is 34.4 Å². The van der Waals surface area contributed by atoms with Gasteiger partial charge in [-0.05, 0) is 55.9 Å². The fraction of sp³-hybridized carbons (Fsp3) is 0.241. The van der Waals surface area contributed by atoms with Crippen LogP contribution in [-0.2, 0) is 24.6 Å². The third kappa shape index (κ3) is 4.06. The van der Waals surface area contributed by atoms with Gasteiger partial charge in [-0.15, -0.1) is 0 Å². The molecule has 7 nitrogen and oxygen atoms in total. The molecule has 1 aliphatic heterocycles. The summed E-state index contributed by atoms with van der Waals surface area (Å²) in [6.45, 7) is 1.79. The highest BCUT2D eigenvalue weighted by Gasteiger charge is 2.46. The maximum atomic E-state index is 12.6. The van der Waals surface area contributed by atoms with Crippen molar-refractivity contribution in [3.63, 3.8) is 0 Å². The topological polar surface area (TPSA) is 90.0 Å². The Balaban J connectivity index is 1.28. The molecule has 0 unspecified atom stereocenters. The molecule has 0 bridgehead atoms. The predicted octanol–water partition coefficient (Wildman–Crippen LogP) is 4.60. The van der Waals surface area contributed by atoms with Crippen LogP contribution >= 0.6 is 0 Å². The molecular weight excluding hydrogens is 458 g/mol. The summed E-state index contributed by atoms with van der Waals surface area (Å²) < 4.78 is 5.60. The van der Waals surface area contributed by atoms with Crippen LogP contribution in [0.2, 0.25) is 0 Å². The Kier molecular flexibility index (Phi) is 5.92. The average Bonchev–Trinajstić information content (AvgIpc) is 3.15. The van der Waals surface area contributed by atoms with E-state index < -0.39 is 29.4 Å². The molecule has 1 heterocycles. The first-order valence-electron chi connectivity index (χ1n) is 11.9. The van der Waals surface area contributed by atoms with E-state index in [9.17, 15) is 19.2 Å². The molecule has 1 aliphatic carbocycles. The minimum Gasteiger partial charge on any atom is -0.451 e. The van der Waals surface area contributed by atoms with Crippen molar-refractivity contribution in [2.75, 3.05) is 0 Å². The van der Waals surface area contributed by atoms with Gasteiger partial charge in [-0.2, -0.15) is 0 Å². The first-order chi connectivity index (χ1) is 17.3. The van der Waals surface area contributed by atoms with E-state index in [1.54, 1.807) is 19.1 Å². The number of esters is 1. The second-order valence-corrected chi connectivity index (χ2v) is 9.48. The Bertz CT molecular complexity index is 1250. The van der Waals surface area contributed by atoms with Crippen LogP contribution in [0.1, 0.15) is 64.4 Å². The number of benzene rings is 3. The molecule has 5 rings (SSSR count). The molecule has 182 valence electrons. The molecule has 0 aromatic heterocycles. The molecule has 0 atom stereocenters. The lowest BCUT2D eigenvalue weighted by molar-refractivity contribution is -0.191. The molecule has 0 radical (unpaired) electrons. The summed E-state index contributed by atoms with van der Waals surface area (Å²) in [5.74, 6) is -4.23. The van der Waals surface area contributed by atoms with Gasteiger partial charge in [0.2, 0.25) is 0 Å². The summed E-state index contributed by atoms with van der Waals surface area (Å²) in [4.78, 5) is 54.9. The number of ether oxygens (including phenoxy) is 1. The molecule has 0 saturated heterocycles. The van der Waals surface area contributed by atoms with Crippen LogP contribution in [0.3, 0.4) is 0 Å². The lowest BCUT2D eigenvalue weighted by Gasteiger charge is -2.45. The Morgan fingerprint density at radius 3 is 1.58 bits per heavy atom. The number of hydroxylamine groups is 2. The van der Waals surface area contributed by atoms with E-state index in [0.29, 0.717) is 30.7 Å². The highest BCUT2D eigenvalue weighted by molar-refractivity contribution is 6.31. The number of carbonyl (C=O) groups excluding carboxylic acids is 4. The highest BCUT2D eigenvalue weighted by Crippen LogP contribution is 2.48. The van der Waals surface area contributed by atoms with E-state index in [1.165, 1.54) is 23.3 Å². The summed E-state index contributed by atoms with van der Waals surface area (Å²) in [6, 6.07) is 26.6. The molecule has 3 aromatic carbocycles. The van der Waals surface area contributed by atoms with Crippen molar-refractivity contribution in [2.45, 2.75) is 43.6 Å². The molecule has 2 amide bonds. The lowest BCUT2D eigenvalue weighted by atomic mass is 9.62. The summed E-state index contributed by atoms with van der Waals surface area (Å²) in [7, 11) is 0. The van der Waals surface area contributed by atoms with Crippen molar-refractivity contribution < 1.29 is 28.8 Å². The zero-order valence-electron chi connectivity index (χ0n) is 19.8. The molecule has 1 saturated carbocycles. The number of fused-ring (bicyclic) bond motifs is 1. The Morgan fingerprint density at radius 1 is 0.667 bits per heavy atom. The molecule has 3 aromatic rings. The van der Waals surface area contributed by atoms with Crippen molar-refractivity contribution in [1.29, 1.82) is 0 Å². The fourth-order valence-electron chi connectivity index (χ4n) is 5.20. The number of hydrogen-bond donors (Lipinski definition) is 0. The average molecular weight is 484 g/mol. The number of rotatable bonds is 4. The quantitative estimate of drug-likeness (QED) is 0.306. The molecule has 2 aliphatic rings. The van der Waals surface area contributed by atoms with Gasteiger partial charge in [0.1, 0.15) is 5.60 Å². The molecule has 36 heavy (non-hydrogen) atoms. The largest absolute Gasteiger partial charge is 0.451 e. The van der Waals surface area contributed by atoms with Gasteiger partial charge in [-0.1, -0.05) is 77.9 Å². The van der Waals surface area contributed by atoms with Gasteiger partial charge in [0.15, 0.2) is 0 Å². The normalized spacial score (nSPS) is 17.9. The van der Waals surface area contributed by atoms with Crippen molar-refractivity contribution in [3.8, 4) is 0 Å². The van der Waals surface area contributed by atoms with E-state index in [0.717, 1.165) is 0 Å². The van der Waals surface area contributed by atoms with Gasteiger partial charge in [-0.25, -0.2) is 9.59 Å². The second-order valence-electron chi connectivity index (χ2n) is 9.48. The maximum absolute atomic E-state index is 12.6. The standard InChI is InChI=1S/C29H25NO6/c1-28(35-26(33)27(34)36-30-24(31)22-14-8-9-15-23(22)25(30)32)16-18-29(19-17-28,20-10-4-2-5-11-20)21-12-6-3-7-13-21/h2-15H,16-19H2,1H3. The highest BCUT2D eigenvalue weighted by atomic mass is 16.7. The van der Waals surface area contributed by atoms with E-state index in [2.05, 4.69) is 24.3 Å². The Hall–Kier alpha value is -4.26. The Morgan fingerprint density at radius 2 is 1.11 bits per heavy atom. The summed E-state index contributed by atoms with van der Waals surface area (Å²) in [6.07, 6.45) is 2.45. The maximum Gasteiger partial charge on any atom is 0.442 e. The number of nitrogens with zero attached hydrogens (tertiary/aromatic N) is 1. The Labute approximate surface area is 208 Å². The van der Waals surface area contributed by atoms with Gasteiger partial charge >= 0.3 is 11.9 Å². The van der Waals surface area contributed by atoms with Crippen LogP contribution in [0.25, 0.3) is 0 Å². The van der Waals surface area contributed by atoms with E-state index in [-0.39, 0.29) is 16.5 Å². The third-order valence-corrected chi connectivity index (χ3v) is 7.25. The minimum absolute atomic E-state index is 0.112. The van der Waals surface area contributed by atoms with Crippen molar-refractivity contribution in [2.24, 2.45) is 0 Å². The predicted molar refractivity (Wildman–Crippen MR) is 130 cm³/mol. The summed E-state index contributed by atoms with van der Waals surface area (Å²) in [5, 5.41) is 0.313. The monoisotopic (exact) mass is 483 g/mol.